The number of carboxylic acids is 1. The van der Waals surface area contributed by atoms with Gasteiger partial charge in [-0.05, 0) is 12.0 Å². The van der Waals surface area contributed by atoms with Crippen molar-refractivity contribution in [1.29, 1.82) is 0 Å². The number of aliphatic carboxylic acids is 1. The zero-order valence-electron chi connectivity index (χ0n) is 11.4. The topological polar surface area (TPSA) is 122 Å². The van der Waals surface area contributed by atoms with E-state index in [1.807, 2.05) is 0 Å². The van der Waals surface area contributed by atoms with Crippen molar-refractivity contribution in [2.45, 2.75) is 26.3 Å². The van der Waals surface area contributed by atoms with Crippen LogP contribution in [0, 0.1) is 16.0 Å². The van der Waals surface area contributed by atoms with Crippen LogP contribution in [0.15, 0.2) is 12.3 Å². The number of hydrogen-bond donors (Lipinski definition) is 2. The minimum Gasteiger partial charge on any atom is -0.480 e. The quantitative estimate of drug-likeness (QED) is 0.469. The Morgan fingerprint density at radius 1 is 1.57 bits per heavy atom. The summed E-state index contributed by atoms with van der Waals surface area (Å²) < 4.78 is 0. The fraction of sp³-hybridized carbons (Fsp3) is 0.417. The number of carbonyl (C=O) groups is 2. The van der Waals surface area contributed by atoms with E-state index >= 15 is 0 Å². The molecule has 2 atom stereocenters. The average molecular weight is 316 g/mol. The molecule has 8 nitrogen and oxygen atoms in total. The number of nitrogens with zero attached hydrogens (tertiary/aromatic N) is 2. The molecule has 114 valence electrons. The number of amides is 1. The van der Waals surface area contributed by atoms with Gasteiger partial charge in [0, 0.05) is 0 Å². The lowest BCUT2D eigenvalue weighted by molar-refractivity contribution is -0.385. The summed E-state index contributed by atoms with van der Waals surface area (Å²) in [6.45, 7) is 3.44. The van der Waals surface area contributed by atoms with Gasteiger partial charge in [0.05, 0.1) is 4.92 Å². The van der Waals surface area contributed by atoms with Gasteiger partial charge in [0.15, 0.2) is 0 Å². The van der Waals surface area contributed by atoms with Crippen LogP contribution in [0.25, 0.3) is 0 Å². The number of carboxylic acid groups (broad SMARTS) is 1. The highest BCUT2D eigenvalue weighted by Crippen LogP contribution is 2.21. The molecule has 1 aromatic heterocycles. The highest BCUT2D eigenvalue weighted by Gasteiger charge is 2.29. The van der Waals surface area contributed by atoms with E-state index in [0.717, 1.165) is 12.3 Å². The monoisotopic (exact) mass is 315 g/mol. The molecule has 0 saturated carbocycles. The van der Waals surface area contributed by atoms with Gasteiger partial charge >= 0.3 is 5.97 Å². The second-order valence-electron chi connectivity index (χ2n) is 4.46. The van der Waals surface area contributed by atoms with E-state index in [1.165, 1.54) is 0 Å². The lowest BCUT2D eigenvalue weighted by Crippen LogP contribution is -2.45. The Bertz CT molecular complexity index is 578. The van der Waals surface area contributed by atoms with Gasteiger partial charge in [-0.15, -0.1) is 0 Å². The average Bonchev–Trinajstić information content (AvgIpc) is 2.42. The Morgan fingerprint density at radius 3 is 2.67 bits per heavy atom. The van der Waals surface area contributed by atoms with Gasteiger partial charge in [0.25, 0.3) is 11.6 Å². The molecule has 0 bridgehead atoms. The summed E-state index contributed by atoms with van der Waals surface area (Å²) in [6, 6.07) is -0.112. The van der Waals surface area contributed by atoms with Crippen LogP contribution in [0.1, 0.15) is 30.6 Å². The molecule has 0 aliphatic heterocycles. The third kappa shape index (κ3) is 4.12. The van der Waals surface area contributed by atoms with E-state index in [2.05, 4.69) is 10.3 Å². The minimum absolute atomic E-state index is 0.0961. The number of carbonyl (C=O) groups excluding carboxylic acids is 1. The van der Waals surface area contributed by atoms with E-state index in [-0.39, 0.29) is 16.6 Å². The highest BCUT2D eigenvalue weighted by molar-refractivity contribution is 6.29. The molecule has 0 saturated heterocycles. The number of aromatic nitrogens is 1. The minimum atomic E-state index is -1.21. The van der Waals surface area contributed by atoms with Gasteiger partial charge in [0.1, 0.15) is 23.0 Å². The number of hydrogen-bond acceptors (Lipinski definition) is 5. The van der Waals surface area contributed by atoms with E-state index in [9.17, 15) is 19.7 Å². The highest BCUT2D eigenvalue weighted by atomic mass is 35.5. The van der Waals surface area contributed by atoms with Gasteiger partial charge in [-0.25, -0.2) is 9.78 Å². The zero-order chi connectivity index (χ0) is 16.2. The smallest absolute Gasteiger partial charge is 0.326 e. The first kappa shape index (κ1) is 16.8. The molecule has 9 heteroatoms. The molecule has 0 aromatic carbocycles. The molecule has 0 fully saturated rings. The van der Waals surface area contributed by atoms with E-state index in [1.54, 1.807) is 13.8 Å². The predicted octanol–water partition coefficient (Wildman–Crippen LogP) is 1.87. The maximum Gasteiger partial charge on any atom is 0.326 e. The molecule has 1 heterocycles. The van der Waals surface area contributed by atoms with Crippen molar-refractivity contribution >= 4 is 29.2 Å². The zero-order valence-corrected chi connectivity index (χ0v) is 12.1. The molecule has 0 aliphatic carbocycles. The van der Waals surface area contributed by atoms with Crippen LogP contribution in [0.5, 0.6) is 0 Å². The number of rotatable bonds is 6. The molecule has 21 heavy (non-hydrogen) atoms. The number of halogens is 1. The van der Waals surface area contributed by atoms with E-state index < -0.39 is 28.5 Å². The van der Waals surface area contributed by atoms with Gasteiger partial charge in [0.2, 0.25) is 0 Å². The first-order valence-electron chi connectivity index (χ1n) is 6.11. The Kier molecular flexibility index (Phi) is 5.60. The first-order chi connectivity index (χ1) is 9.77. The van der Waals surface area contributed by atoms with Crippen molar-refractivity contribution in [3.8, 4) is 0 Å². The summed E-state index contributed by atoms with van der Waals surface area (Å²) in [5.74, 6) is -2.41. The summed E-state index contributed by atoms with van der Waals surface area (Å²) in [6.07, 6.45) is 1.38. The first-order valence-corrected chi connectivity index (χ1v) is 6.49. The molecule has 1 rings (SSSR count). The van der Waals surface area contributed by atoms with Crippen molar-refractivity contribution in [2.75, 3.05) is 0 Å². The van der Waals surface area contributed by atoms with Crippen LogP contribution in [0.4, 0.5) is 5.69 Å². The molecular weight excluding hydrogens is 302 g/mol. The summed E-state index contributed by atoms with van der Waals surface area (Å²) in [5, 5.41) is 22.2. The third-order valence-electron chi connectivity index (χ3n) is 3.06. The maximum atomic E-state index is 12.1. The van der Waals surface area contributed by atoms with Crippen LogP contribution in [0.3, 0.4) is 0 Å². The summed E-state index contributed by atoms with van der Waals surface area (Å²) >= 11 is 5.62. The fourth-order valence-corrected chi connectivity index (χ4v) is 1.81. The molecule has 2 unspecified atom stereocenters. The standard InChI is InChI=1S/C12H14ClN3O5/c1-3-6(2)10(12(18)19)15-11(17)7-4-9(13)14-5-8(7)16(20)21/h4-6,10H,3H2,1-2H3,(H,15,17)(H,18,19). The van der Waals surface area contributed by atoms with Crippen LogP contribution >= 0.6 is 11.6 Å². The lowest BCUT2D eigenvalue weighted by Gasteiger charge is -2.20. The van der Waals surface area contributed by atoms with Crippen LogP contribution < -0.4 is 5.32 Å². The Balaban J connectivity index is 3.11. The number of nitro groups is 1. The molecule has 1 aromatic rings. The summed E-state index contributed by atoms with van der Waals surface area (Å²) in [7, 11) is 0. The molecule has 0 radical (unpaired) electrons. The third-order valence-corrected chi connectivity index (χ3v) is 3.26. The Morgan fingerprint density at radius 2 is 2.19 bits per heavy atom. The maximum absolute atomic E-state index is 12.1. The Labute approximate surface area is 125 Å². The lowest BCUT2D eigenvalue weighted by atomic mass is 9.99. The largest absolute Gasteiger partial charge is 0.480 e. The molecule has 2 N–H and O–H groups in total. The summed E-state index contributed by atoms with van der Waals surface area (Å²) in [5.41, 5.74) is -0.861. The van der Waals surface area contributed by atoms with Crippen LogP contribution in [-0.2, 0) is 4.79 Å². The van der Waals surface area contributed by atoms with Crippen molar-refractivity contribution < 1.29 is 19.6 Å². The normalized spacial score (nSPS) is 13.3. The van der Waals surface area contributed by atoms with E-state index in [4.69, 9.17) is 16.7 Å². The fourth-order valence-electron chi connectivity index (χ4n) is 1.65. The second-order valence-corrected chi connectivity index (χ2v) is 4.84. The predicted molar refractivity (Wildman–Crippen MR) is 74.2 cm³/mol. The van der Waals surface area contributed by atoms with Gasteiger partial charge in [-0.1, -0.05) is 31.9 Å². The molecule has 0 aliphatic rings. The van der Waals surface area contributed by atoms with Gasteiger partial charge in [-0.2, -0.15) is 0 Å². The second kappa shape index (κ2) is 6.98. The van der Waals surface area contributed by atoms with Crippen LogP contribution in [0.2, 0.25) is 5.15 Å². The van der Waals surface area contributed by atoms with Crippen LogP contribution in [-0.4, -0.2) is 32.9 Å². The molecule has 1 amide bonds. The van der Waals surface area contributed by atoms with Crippen molar-refractivity contribution in [3.05, 3.63) is 33.1 Å². The summed E-state index contributed by atoms with van der Waals surface area (Å²) in [4.78, 5) is 36.9. The SMILES string of the molecule is CCC(C)C(NC(=O)c1cc(Cl)ncc1[N+](=O)[O-])C(=O)O. The van der Waals surface area contributed by atoms with E-state index in [0.29, 0.717) is 6.42 Å². The number of nitrogens with one attached hydrogen (secondary N) is 1. The van der Waals surface area contributed by atoms with Crippen molar-refractivity contribution in [1.82, 2.24) is 10.3 Å². The number of pyridine rings is 1. The van der Waals surface area contributed by atoms with Gasteiger partial charge < -0.3 is 10.4 Å². The van der Waals surface area contributed by atoms with Crippen molar-refractivity contribution in [2.24, 2.45) is 5.92 Å². The molecular formula is C12H14ClN3O5. The Hall–Kier alpha value is -2.22. The molecule has 0 spiro atoms. The van der Waals surface area contributed by atoms with Crippen molar-refractivity contribution in [3.63, 3.8) is 0 Å². The van der Waals surface area contributed by atoms with Gasteiger partial charge in [-0.3, -0.25) is 14.9 Å².